The van der Waals surface area contributed by atoms with Gasteiger partial charge in [-0.3, -0.25) is 4.79 Å². The number of hydrogen-bond donors (Lipinski definition) is 1. The smallest absolute Gasteiger partial charge is 0.370 e. The molecular weight excluding hydrogens is 479 g/mol. The highest BCUT2D eigenvalue weighted by atomic mass is 19.4. The number of nitrogens with zero attached hydrogens (tertiary/aromatic N) is 4. The number of carbonyl (C=O) groups excluding carboxylic acids is 1. The lowest BCUT2D eigenvalue weighted by atomic mass is 10.0. The highest BCUT2D eigenvalue weighted by Crippen LogP contribution is 2.29. The molecule has 2 fully saturated rings. The average molecular weight is 520 g/mol. The van der Waals surface area contributed by atoms with Gasteiger partial charge in [-0.25, -0.2) is 4.98 Å². The van der Waals surface area contributed by atoms with Crippen LogP contribution in [-0.2, 0) is 11.0 Å². The minimum Gasteiger partial charge on any atom is -0.370 e. The molecule has 3 heterocycles. The van der Waals surface area contributed by atoms with Crippen molar-refractivity contribution in [2.45, 2.75) is 58.7 Å². The molecule has 0 saturated carbocycles. The van der Waals surface area contributed by atoms with Crippen molar-refractivity contribution < 1.29 is 18.0 Å². The number of benzene rings is 1. The van der Waals surface area contributed by atoms with Crippen LogP contribution in [0.4, 0.5) is 24.7 Å². The number of rotatable bonds is 7. The molecule has 1 amide bonds. The summed E-state index contributed by atoms with van der Waals surface area (Å²) in [6.07, 6.45) is 0.520. The van der Waals surface area contributed by atoms with E-state index in [1.54, 1.807) is 0 Å². The van der Waals surface area contributed by atoms with Crippen LogP contribution in [0.3, 0.4) is 0 Å². The summed E-state index contributed by atoms with van der Waals surface area (Å²) in [6.45, 7) is 8.50. The Labute approximate surface area is 218 Å². The first-order chi connectivity index (χ1) is 17.3. The zero-order valence-electron chi connectivity index (χ0n) is 20.9. The fourth-order valence-corrected chi connectivity index (χ4v) is 4.95. The van der Waals surface area contributed by atoms with Crippen LogP contribution in [-0.4, -0.2) is 72.5 Å². The van der Waals surface area contributed by atoms with Gasteiger partial charge < -0.3 is 20.0 Å². The predicted octanol–water partition coefficient (Wildman–Crippen LogP) is 5.44. The third kappa shape index (κ3) is 8.35. The largest absolute Gasteiger partial charge is 0.417 e. The van der Waals surface area contributed by atoms with E-state index in [-0.39, 0.29) is 19.4 Å². The molecule has 0 atom stereocenters. The van der Waals surface area contributed by atoms with Crippen LogP contribution < -0.4 is 10.2 Å². The van der Waals surface area contributed by atoms with Crippen molar-refractivity contribution in [3.8, 4) is 0 Å². The normalized spacial score (nSPS) is 17.7. The molecule has 0 radical (unpaired) electrons. The second-order valence-corrected chi connectivity index (χ2v) is 9.85. The maximum atomic E-state index is 12.7. The number of aryl methyl sites for hydroxylation is 1. The van der Waals surface area contributed by atoms with Crippen molar-refractivity contribution in [2.75, 3.05) is 56.0 Å². The molecule has 2 aromatic rings. The Hall–Kier alpha value is -2.81. The van der Waals surface area contributed by atoms with Crippen molar-refractivity contribution in [3.05, 3.63) is 53.7 Å². The van der Waals surface area contributed by atoms with Gasteiger partial charge in [-0.05, 0) is 70.0 Å². The van der Waals surface area contributed by atoms with Gasteiger partial charge in [0.2, 0.25) is 5.91 Å². The number of alkyl halides is 3. The van der Waals surface area contributed by atoms with Crippen LogP contribution >= 0.6 is 0 Å². The monoisotopic (exact) mass is 519 g/mol. The van der Waals surface area contributed by atoms with E-state index in [1.165, 1.54) is 17.3 Å². The maximum Gasteiger partial charge on any atom is 0.417 e. The van der Waals surface area contributed by atoms with Gasteiger partial charge in [-0.15, -0.1) is 0 Å². The van der Waals surface area contributed by atoms with E-state index in [1.807, 2.05) is 4.90 Å². The highest BCUT2D eigenvalue weighted by Gasteiger charge is 2.31. The lowest BCUT2D eigenvalue weighted by Gasteiger charge is -2.33. The maximum absolute atomic E-state index is 12.7. The molecular formula is C28H40F3N5O. The van der Waals surface area contributed by atoms with Crippen LogP contribution in [0.25, 0.3) is 0 Å². The third-order valence-electron chi connectivity index (χ3n) is 7.14. The molecule has 2 aliphatic heterocycles. The molecule has 204 valence electrons. The number of amides is 1. The third-order valence-corrected chi connectivity index (χ3v) is 7.14. The molecule has 0 aliphatic carbocycles. The van der Waals surface area contributed by atoms with E-state index in [2.05, 4.69) is 51.3 Å². The minimum absolute atomic E-state index is 0. The SMILES string of the molecule is C.Cc1ccc(N2CCCN(CCCC(=O)N3CCC(Nc4ccc(C(F)(F)F)cn4)CC3)CC2)cc1. The second kappa shape index (κ2) is 13.1. The summed E-state index contributed by atoms with van der Waals surface area (Å²) in [5.74, 6) is 0.628. The van der Waals surface area contributed by atoms with Crippen LogP contribution in [0.15, 0.2) is 42.6 Å². The van der Waals surface area contributed by atoms with Crippen molar-refractivity contribution >= 4 is 17.4 Å². The Morgan fingerprint density at radius 1 is 1.00 bits per heavy atom. The number of pyridine rings is 1. The number of anilines is 2. The lowest BCUT2D eigenvalue weighted by Crippen LogP contribution is -2.42. The first kappa shape index (κ1) is 28.8. The molecule has 1 aromatic carbocycles. The summed E-state index contributed by atoms with van der Waals surface area (Å²) in [5.41, 5.74) is 1.80. The number of aromatic nitrogens is 1. The summed E-state index contributed by atoms with van der Waals surface area (Å²) < 4.78 is 38.1. The van der Waals surface area contributed by atoms with Gasteiger partial charge in [0, 0.05) is 57.1 Å². The zero-order valence-corrected chi connectivity index (χ0v) is 20.9. The zero-order chi connectivity index (χ0) is 25.5. The highest BCUT2D eigenvalue weighted by molar-refractivity contribution is 5.76. The van der Waals surface area contributed by atoms with Gasteiger partial charge in [-0.1, -0.05) is 25.1 Å². The summed E-state index contributed by atoms with van der Waals surface area (Å²) in [4.78, 5) is 23.5. The van der Waals surface area contributed by atoms with E-state index < -0.39 is 11.7 Å². The Morgan fingerprint density at radius 3 is 2.38 bits per heavy atom. The number of halogens is 3. The van der Waals surface area contributed by atoms with Crippen molar-refractivity contribution in [1.82, 2.24) is 14.8 Å². The Balaban J connectivity index is 0.00000380. The number of likely N-dealkylation sites (tertiary alicyclic amines) is 1. The lowest BCUT2D eigenvalue weighted by molar-refractivity contribution is -0.137. The predicted molar refractivity (Wildman–Crippen MR) is 143 cm³/mol. The molecule has 2 saturated heterocycles. The van der Waals surface area contributed by atoms with Gasteiger partial charge in [0.05, 0.1) is 5.56 Å². The Bertz CT molecular complexity index is 973. The fraction of sp³-hybridized carbons (Fsp3) is 0.571. The summed E-state index contributed by atoms with van der Waals surface area (Å²) >= 11 is 0. The average Bonchev–Trinajstić information content (AvgIpc) is 3.10. The first-order valence-corrected chi connectivity index (χ1v) is 12.9. The molecule has 6 nitrogen and oxygen atoms in total. The number of piperidine rings is 1. The molecule has 2 aliphatic rings. The summed E-state index contributed by atoms with van der Waals surface area (Å²) in [5, 5.41) is 3.20. The van der Waals surface area contributed by atoms with E-state index in [9.17, 15) is 18.0 Å². The summed E-state index contributed by atoms with van der Waals surface area (Å²) in [6, 6.07) is 11.2. The Kier molecular flexibility index (Phi) is 10.2. The quantitative estimate of drug-likeness (QED) is 0.528. The van der Waals surface area contributed by atoms with E-state index in [4.69, 9.17) is 0 Å². The van der Waals surface area contributed by atoms with Crippen LogP contribution in [0.2, 0.25) is 0 Å². The van der Waals surface area contributed by atoms with Crippen LogP contribution in [0.5, 0.6) is 0 Å². The second-order valence-electron chi connectivity index (χ2n) is 9.85. The number of hydrogen-bond acceptors (Lipinski definition) is 5. The molecule has 1 N–H and O–H groups in total. The van der Waals surface area contributed by atoms with Gasteiger partial charge >= 0.3 is 6.18 Å². The van der Waals surface area contributed by atoms with E-state index in [0.717, 1.165) is 70.7 Å². The van der Waals surface area contributed by atoms with Gasteiger partial charge in [-0.2, -0.15) is 13.2 Å². The van der Waals surface area contributed by atoms with Crippen LogP contribution in [0, 0.1) is 6.92 Å². The standard InChI is InChI=1S/C27H36F3N5O.CH4/c1-21-5-8-24(9-6-21)34-15-3-14-33(18-19-34)13-2-4-26(36)35-16-11-23(12-17-35)32-25-10-7-22(20-31-25)27(28,29)30;/h5-10,20,23H,2-4,11-19H2,1H3,(H,31,32);1H4. The van der Waals surface area contributed by atoms with Crippen LogP contribution in [0.1, 0.15) is 50.7 Å². The number of carbonyl (C=O) groups is 1. The molecule has 9 heteroatoms. The molecule has 1 aromatic heterocycles. The Morgan fingerprint density at radius 2 is 1.73 bits per heavy atom. The minimum atomic E-state index is -4.38. The van der Waals surface area contributed by atoms with Gasteiger partial charge in [0.15, 0.2) is 0 Å². The molecule has 4 rings (SSSR count). The van der Waals surface area contributed by atoms with Crippen molar-refractivity contribution in [3.63, 3.8) is 0 Å². The van der Waals surface area contributed by atoms with Gasteiger partial charge in [0.1, 0.15) is 5.82 Å². The van der Waals surface area contributed by atoms with E-state index in [0.29, 0.717) is 25.3 Å². The van der Waals surface area contributed by atoms with Gasteiger partial charge in [0.25, 0.3) is 0 Å². The van der Waals surface area contributed by atoms with E-state index >= 15 is 0 Å². The topological polar surface area (TPSA) is 51.7 Å². The molecule has 0 spiro atoms. The first-order valence-electron chi connectivity index (χ1n) is 12.9. The molecule has 37 heavy (non-hydrogen) atoms. The van der Waals surface area contributed by atoms with Crippen molar-refractivity contribution in [2.24, 2.45) is 0 Å². The molecule has 0 bridgehead atoms. The summed E-state index contributed by atoms with van der Waals surface area (Å²) in [7, 11) is 0. The molecule has 0 unspecified atom stereocenters. The number of nitrogens with one attached hydrogen (secondary N) is 1. The fourth-order valence-electron chi connectivity index (χ4n) is 4.95. The van der Waals surface area contributed by atoms with Crippen molar-refractivity contribution in [1.29, 1.82) is 0 Å².